The highest BCUT2D eigenvalue weighted by molar-refractivity contribution is 9.10. The molecular formula is C15H18BrFN2O5. The Morgan fingerprint density at radius 3 is 2.62 bits per heavy atom. The van der Waals surface area contributed by atoms with Crippen LogP contribution in [-0.4, -0.2) is 37.2 Å². The van der Waals surface area contributed by atoms with Gasteiger partial charge in [0.15, 0.2) is 13.2 Å². The second-order valence-electron chi connectivity index (χ2n) is 4.86. The van der Waals surface area contributed by atoms with Crippen molar-refractivity contribution in [3.05, 3.63) is 28.5 Å². The maximum Gasteiger partial charge on any atom is 0.344 e. The Balaban J connectivity index is 2.30. The third kappa shape index (κ3) is 7.40. The molecule has 2 N–H and O–H groups in total. The van der Waals surface area contributed by atoms with E-state index in [1.807, 2.05) is 12.2 Å². The maximum absolute atomic E-state index is 12.9. The molecular weight excluding hydrogens is 387 g/mol. The lowest BCUT2D eigenvalue weighted by atomic mass is 10.3. The highest BCUT2D eigenvalue weighted by atomic mass is 79.9. The standard InChI is InChI=1S/C15H18BrFN2O5/c1-3-9(2)18-15(22)19-13(20)7-24-14(21)8-23-12-5-4-10(17)6-11(12)16/h4-6,9H,3,7-8H2,1-2H3,(H2,18,19,20,22)/t9-/m0/s1. The fourth-order valence-corrected chi connectivity index (χ4v) is 1.91. The molecule has 0 saturated heterocycles. The minimum Gasteiger partial charge on any atom is -0.481 e. The fraction of sp³-hybridized carbons (Fsp3) is 0.400. The molecule has 0 aliphatic heterocycles. The van der Waals surface area contributed by atoms with Crippen molar-refractivity contribution in [1.82, 2.24) is 10.6 Å². The summed E-state index contributed by atoms with van der Waals surface area (Å²) in [6, 6.07) is 2.97. The number of imide groups is 1. The molecule has 9 heteroatoms. The Morgan fingerprint density at radius 2 is 2.00 bits per heavy atom. The maximum atomic E-state index is 12.9. The first kappa shape index (κ1) is 19.9. The summed E-state index contributed by atoms with van der Waals surface area (Å²) in [5.41, 5.74) is 0. The number of hydrogen-bond acceptors (Lipinski definition) is 5. The second-order valence-corrected chi connectivity index (χ2v) is 5.71. The minimum atomic E-state index is -0.802. The molecule has 0 spiro atoms. The molecule has 3 amide bonds. The van der Waals surface area contributed by atoms with Crippen LogP contribution in [0.5, 0.6) is 5.75 Å². The van der Waals surface area contributed by atoms with Crippen molar-refractivity contribution in [3.63, 3.8) is 0 Å². The van der Waals surface area contributed by atoms with Gasteiger partial charge in [0, 0.05) is 6.04 Å². The molecule has 0 aliphatic carbocycles. The number of esters is 1. The zero-order valence-corrected chi connectivity index (χ0v) is 14.8. The first-order valence-electron chi connectivity index (χ1n) is 7.15. The molecule has 1 atom stereocenters. The van der Waals surface area contributed by atoms with Crippen molar-refractivity contribution in [2.24, 2.45) is 0 Å². The molecule has 1 aromatic carbocycles. The molecule has 7 nitrogen and oxygen atoms in total. The van der Waals surface area contributed by atoms with Crippen LogP contribution < -0.4 is 15.4 Å². The van der Waals surface area contributed by atoms with E-state index in [0.717, 1.165) is 0 Å². The summed E-state index contributed by atoms with van der Waals surface area (Å²) in [4.78, 5) is 34.3. The Hall–Kier alpha value is -2.16. The molecule has 0 radical (unpaired) electrons. The number of hydrogen-bond donors (Lipinski definition) is 2. The zero-order valence-electron chi connectivity index (χ0n) is 13.2. The molecule has 0 heterocycles. The van der Waals surface area contributed by atoms with Crippen LogP contribution in [0.3, 0.4) is 0 Å². The fourth-order valence-electron chi connectivity index (χ4n) is 1.44. The molecule has 0 aromatic heterocycles. The van der Waals surface area contributed by atoms with Crippen molar-refractivity contribution in [1.29, 1.82) is 0 Å². The highest BCUT2D eigenvalue weighted by Crippen LogP contribution is 2.25. The molecule has 0 saturated carbocycles. The van der Waals surface area contributed by atoms with Gasteiger partial charge in [-0.15, -0.1) is 0 Å². The summed E-state index contributed by atoms with van der Waals surface area (Å²) in [5.74, 6) is -1.76. The molecule has 1 aromatic rings. The number of carbonyl (C=O) groups is 3. The lowest BCUT2D eigenvalue weighted by molar-refractivity contribution is -0.150. The lowest BCUT2D eigenvalue weighted by Gasteiger charge is -2.12. The summed E-state index contributed by atoms with van der Waals surface area (Å²) in [5, 5.41) is 4.57. The van der Waals surface area contributed by atoms with Gasteiger partial charge in [-0.25, -0.2) is 14.0 Å². The van der Waals surface area contributed by atoms with E-state index in [1.165, 1.54) is 18.2 Å². The van der Waals surface area contributed by atoms with Crippen LogP contribution in [0.2, 0.25) is 0 Å². The van der Waals surface area contributed by atoms with Crippen LogP contribution >= 0.6 is 15.9 Å². The number of halogens is 2. The van der Waals surface area contributed by atoms with Gasteiger partial charge in [-0.05, 0) is 47.5 Å². The predicted molar refractivity (Wildman–Crippen MR) is 87.0 cm³/mol. The Morgan fingerprint density at radius 1 is 1.29 bits per heavy atom. The van der Waals surface area contributed by atoms with Crippen molar-refractivity contribution >= 4 is 33.8 Å². The number of amides is 3. The Kier molecular flexibility index (Phi) is 8.17. The van der Waals surface area contributed by atoms with E-state index in [2.05, 4.69) is 26.0 Å². The molecule has 1 rings (SSSR count). The van der Waals surface area contributed by atoms with Gasteiger partial charge < -0.3 is 14.8 Å². The van der Waals surface area contributed by atoms with Crippen molar-refractivity contribution in [2.75, 3.05) is 13.2 Å². The molecule has 0 unspecified atom stereocenters. The van der Waals surface area contributed by atoms with Crippen LogP contribution in [0, 0.1) is 5.82 Å². The monoisotopic (exact) mass is 404 g/mol. The molecule has 132 valence electrons. The molecule has 24 heavy (non-hydrogen) atoms. The topological polar surface area (TPSA) is 93.7 Å². The molecule has 0 fully saturated rings. The minimum absolute atomic E-state index is 0.0806. The lowest BCUT2D eigenvalue weighted by Crippen LogP contribution is -2.44. The zero-order chi connectivity index (χ0) is 18.1. The summed E-state index contributed by atoms with van der Waals surface area (Å²) >= 11 is 3.09. The van der Waals surface area contributed by atoms with E-state index in [1.54, 1.807) is 6.92 Å². The third-order valence-electron chi connectivity index (χ3n) is 2.85. The quantitative estimate of drug-likeness (QED) is 0.678. The first-order chi connectivity index (χ1) is 11.3. The van der Waals surface area contributed by atoms with Gasteiger partial charge in [-0.1, -0.05) is 6.92 Å². The predicted octanol–water partition coefficient (Wildman–Crippen LogP) is 2.13. The average molecular weight is 405 g/mol. The smallest absolute Gasteiger partial charge is 0.344 e. The van der Waals surface area contributed by atoms with Gasteiger partial charge in [0.1, 0.15) is 11.6 Å². The summed E-state index contributed by atoms with van der Waals surface area (Å²) < 4.78 is 23.1. The van der Waals surface area contributed by atoms with Gasteiger partial charge in [-0.3, -0.25) is 10.1 Å². The first-order valence-corrected chi connectivity index (χ1v) is 7.95. The Bertz CT molecular complexity index is 612. The number of ether oxygens (including phenoxy) is 2. The van der Waals surface area contributed by atoms with Crippen molar-refractivity contribution < 1.29 is 28.2 Å². The average Bonchev–Trinajstić information content (AvgIpc) is 2.51. The van der Waals surface area contributed by atoms with Crippen LogP contribution in [0.4, 0.5) is 9.18 Å². The largest absolute Gasteiger partial charge is 0.481 e. The van der Waals surface area contributed by atoms with Gasteiger partial charge in [0.05, 0.1) is 4.47 Å². The third-order valence-corrected chi connectivity index (χ3v) is 3.47. The van der Waals surface area contributed by atoms with E-state index in [4.69, 9.17) is 4.74 Å². The Labute approximate surface area is 147 Å². The number of benzene rings is 1. The number of carbonyl (C=O) groups excluding carboxylic acids is 3. The number of urea groups is 1. The van der Waals surface area contributed by atoms with E-state index in [9.17, 15) is 18.8 Å². The van der Waals surface area contributed by atoms with E-state index in [-0.39, 0.29) is 11.8 Å². The highest BCUT2D eigenvalue weighted by Gasteiger charge is 2.13. The van der Waals surface area contributed by atoms with Crippen molar-refractivity contribution in [2.45, 2.75) is 26.3 Å². The van der Waals surface area contributed by atoms with Crippen LogP contribution in [0.1, 0.15) is 20.3 Å². The normalized spacial score (nSPS) is 11.3. The van der Waals surface area contributed by atoms with Crippen molar-refractivity contribution in [3.8, 4) is 5.75 Å². The SMILES string of the molecule is CC[C@H](C)NC(=O)NC(=O)COC(=O)COc1ccc(F)cc1Br. The van der Waals surface area contributed by atoms with E-state index < -0.39 is 36.9 Å². The molecule has 0 aliphatic rings. The molecule has 0 bridgehead atoms. The summed E-state index contributed by atoms with van der Waals surface area (Å²) in [6.45, 7) is 2.60. The number of nitrogens with one attached hydrogen (secondary N) is 2. The van der Waals surface area contributed by atoms with Gasteiger partial charge in [-0.2, -0.15) is 0 Å². The van der Waals surface area contributed by atoms with Crippen LogP contribution in [-0.2, 0) is 14.3 Å². The second kappa shape index (κ2) is 9.86. The van der Waals surface area contributed by atoms with Crippen LogP contribution in [0.25, 0.3) is 0 Å². The van der Waals surface area contributed by atoms with E-state index >= 15 is 0 Å². The van der Waals surface area contributed by atoms with Crippen LogP contribution in [0.15, 0.2) is 22.7 Å². The number of rotatable bonds is 7. The van der Waals surface area contributed by atoms with Gasteiger partial charge in [0.25, 0.3) is 5.91 Å². The van der Waals surface area contributed by atoms with E-state index in [0.29, 0.717) is 10.9 Å². The summed E-state index contributed by atoms with van der Waals surface area (Å²) in [7, 11) is 0. The van der Waals surface area contributed by atoms with Gasteiger partial charge in [0.2, 0.25) is 0 Å². The summed E-state index contributed by atoms with van der Waals surface area (Å²) in [6.07, 6.45) is 0.715. The van der Waals surface area contributed by atoms with Gasteiger partial charge >= 0.3 is 12.0 Å².